The van der Waals surface area contributed by atoms with E-state index in [0.717, 1.165) is 66.3 Å². The van der Waals surface area contributed by atoms with Crippen molar-refractivity contribution in [3.63, 3.8) is 0 Å². The predicted octanol–water partition coefficient (Wildman–Crippen LogP) is 6.46. The van der Waals surface area contributed by atoms with Gasteiger partial charge < -0.3 is 14.8 Å². The number of hydrogen-bond acceptors (Lipinski definition) is 9. The zero-order valence-electron chi connectivity index (χ0n) is 26.5. The van der Waals surface area contributed by atoms with Gasteiger partial charge in [0.2, 0.25) is 0 Å². The Labute approximate surface area is 259 Å². The molecular formula is C33H42N6O4S. The Morgan fingerprint density at radius 1 is 0.977 bits per heavy atom. The van der Waals surface area contributed by atoms with Crippen LogP contribution in [0, 0.1) is 26.2 Å². The summed E-state index contributed by atoms with van der Waals surface area (Å²) in [5.41, 5.74) is 6.85. The van der Waals surface area contributed by atoms with E-state index < -0.39 is 9.84 Å². The summed E-state index contributed by atoms with van der Waals surface area (Å²) in [4.78, 5) is 19.4. The number of pyridine rings is 1. The van der Waals surface area contributed by atoms with E-state index in [1.807, 2.05) is 39.0 Å². The van der Waals surface area contributed by atoms with Crippen molar-refractivity contribution in [3.05, 3.63) is 64.6 Å². The van der Waals surface area contributed by atoms with E-state index in [-0.39, 0.29) is 22.6 Å². The third kappa shape index (κ3) is 6.36. The number of aromatic nitrogens is 5. The first-order chi connectivity index (χ1) is 20.9. The van der Waals surface area contributed by atoms with Crippen LogP contribution in [0.3, 0.4) is 0 Å². The Morgan fingerprint density at radius 2 is 1.80 bits per heavy atom. The molecule has 2 aliphatic heterocycles. The molecule has 6 rings (SSSR count). The Morgan fingerprint density at radius 3 is 2.48 bits per heavy atom. The molecule has 0 radical (unpaired) electrons. The van der Waals surface area contributed by atoms with Gasteiger partial charge in [-0.1, -0.05) is 19.9 Å². The fourth-order valence-electron chi connectivity index (χ4n) is 6.10. The molecule has 2 unspecified atom stereocenters. The van der Waals surface area contributed by atoms with Crippen LogP contribution in [-0.2, 0) is 25.7 Å². The summed E-state index contributed by atoms with van der Waals surface area (Å²) in [6.07, 6.45) is 8.04. The highest BCUT2D eigenvalue weighted by molar-refractivity contribution is 7.90. The van der Waals surface area contributed by atoms with Crippen LogP contribution in [0.4, 0.5) is 11.4 Å². The highest BCUT2D eigenvalue weighted by Crippen LogP contribution is 2.39. The number of rotatable bonds is 7. The number of benzene rings is 1. The van der Waals surface area contributed by atoms with Crippen LogP contribution >= 0.6 is 0 Å². The van der Waals surface area contributed by atoms with Gasteiger partial charge in [-0.2, -0.15) is 0 Å². The van der Waals surface area contributed by atoms with Crippen LogP contribution in [0.1, 0.15) is 92.4 Å². The van der Waals surface area contributed by atoms with Crippen molar-refractivity contribution in [3.8, 4) is 0 Å². The average Bonchev–Trinajstić information content (AvgIpc) is 3.31. The number of fused-ring (bicyclic) bond motifs is 1. The van der Waals surface area contributed by atoms with Crippen LogP contribution in [0.2, 0.25) is 0 Å². The molecule has 234 valence electrons. The van der Waals surface area contributed by atoms with Gasteiger partial charge in [0.05, 0.1) is 51.8 Å². The van der Waals surface area contributed by atoms with Gasteiger partial charge in [-0.05, 0) is 82.1 Å². The van der Waals surface area contributed by atoms with Gasteiger partial charge in [-0.15, -0.1) is 0 Å². The highest BCUT2D eigenvalue weighted by atomic mass is 32.2. The molecule has 2 fully saturated rings. The van der Waals surface area contributed by atoms with Crippen molar-refractivity contribution >= 4 is 32.4 Å². The summed E-state index contributed by atoms with van der Waals surface area (Å²) >= 11 is 0. The standard InChI is InChI=1S/C33H42N6O4S/c1-20-21(2)35-25(18-34-20)16-24-17-27(31-32(37-24)39(22(3)36-31)30-9-7-8-14-42-30)38-26-11-10-23(15-29(26)44(6,40)41)28-12-13-33(4,5)19-43-28/h10-11,15,17-18,28,30H,7-9,12-14,16,19H2,1-6H3,(H,37,38). The molecule has 2 saturated heterocycles. The Hall–Kier alpha value is -3.41. The molecule has 0 aliphatic carbocycles. The molecule has 44 heavy (non-hydrogen) atoms. The molecule has 5 heterocycles. The zero-order valence-corrected chi connectivity index (χ0v) is 27.3. The Kier molecular flexibility index (Phi) is 8.23. The third-order valence-electron chi connectivity index (χ3n) is 8.73. The van der Waals surface area contributed by atoms with Crippen LogP contribution in [0.25, 0.3) is 11.2 Å². The maximum absolute atomic E-state index is 13.1. The minimum absolute atomic E-state index is 0.120. The van der Waals surface area contributed by atoms with Crippen molar-refractivity contribution in [1.29, 1.82) is 0 Å². The first-order valence-electron chi connectivity index (χ1n) is 15.4. The van der Waals surface area contributed by atoms with E-state index in [1.165, 1.54) is 6.26 Å². The lowest BCUT2D eigenvalue weighted by molar-refractivity contribution is -0.0499. The minimum atomic E-state index is -3.58. The summed E-state index contributed by atoms with van der Waals surface area (Å²) < 4.78 is 40.7. The van der Waals surface area contributed by atoms with Gasteiger partial charge >= 0.3 is 0 Å². The number of imidazole rings is 1. The van der Waals surface area contributed by atoms with Gasteiger partial charge in [0, 0.05) is 25.5 Å². The average molecular weight is 619 g/mol. The molecule has 4 aromatic rings. The van der Waals surface area contributed by atoms with Crippen molar-refractivity contribution in [1.82, 2.24) is 24.5 Å². The summed E-state index contributed by atoms with van der Waals surface area (Å²) in [5.74, 6) is 0.793. The van der Waals surface area contributed by atoms with Crippen molar-refractivity contribution in [2.24, 2.45) is 5.41 Å². The number of aryl methyl sites for hydroxylation is 3. The number of hydrogen-bond donors (Lipinski definition) is 1. The summed E-state index contributed by atoms with van der Waals surface area (Å²) in [6.45, 7) is 11.6. The lowest BCUT2D eigenvalue weighted by atomic mass is 9.84. The maximum atomic E-state index is 13.1. The van der Waals surface area contributed by atoms with Gasteiger partial charge in [0.1, 0.15) is 17.6 Å². The van der Waals surface area contributed by atoms with E-state index >= 15 is 0 Å². The number of sulfone groups is 1. The van der Waals surface area contributed by atoms with Gasteiger partial charge in [-0.25, -0.2) is 18.4 Å². The Bertz CT molecular complexity index is 1800. The quantitative estimate of drug-likeness (QED) is 0.249. The third-order valence-corrected chi connectivity index (χ3v) is 9.87. The Balaban J connectivity index is 1.43. The molecule has 2 aliphatic rings. The summed E-state index contributed by atoms with van der Waals surface area (Å²) in [7, 11) is -3.58. The monoisotopic (exact) mass is 618 g/mol. The second-order valence-corrected chi connectivity index (χ2v) is 15.0. The second kappa shape index (κ2) is 11.8. The van der Waals surface area contributed by atoms with Crippen LogP contribution in [0.5, 0.6) is 0 Å². The fraction of sp³-hybridized carbons (Fsp3) is 0.515. The van der Waals surface area contributed by atoms with E-state index in [4.69, 9.17) is 24.4 Å². The molecule has 1 N–H and O–H groups in total. The zero-order chi connectivity index (χ0) is 31.2. The molecule has 10 nitrogen and oxygen atoms in total. The number of nitrogens with one attached hydrogen (secondary N) is 1. The smallest absolute Gasteiger partial charge is 0.177 e. The van der Waals surface area contributed by atoms with Crippen molar-refractivity contribution in [2.45, 2.75) is 90.4 Å². The molecule has 0 amide bonds. The van der Waals surface area contributed by atoms with E-state index in [2.05, 4.69) is 28.7 Å². The van der Waals surface area contributed by atoms with E-state index in [1.54, 1.807) is 12.3 Å². The van der Waals surface area contributed by atoms with Crippen molar-refractivity contribution < 1.29 is 17.9 Å². The molecule has 0 bridgehead atoms. The maximum Gasteiger partial charge on any atom is 0.177 e. The molecule has 11 heteroatoms. The second-order valence-electron chi connectivity index (χ2n) is 13.0. The molecule has 3 aromatic heterocycles. The molecular weight excluding hydrogens is 576 g/mol. The lowest BCUT2D eigenvalue weighted by Gasteiger charge is -2.34. The van der Waals surface area contributed by atoms with Gasteiger partial charge in [-0.3, -0.25) is 14.5 Å². The summed E-state index contributed by atoms with van der Waals surface area (Å²) in [6, 6.07) is 7.49. The topological polar surface area (TPSA) is 121 Å². The van der Waals surface area contributed by atoms with E-state index in [9.17, 15) is 8.42 Å². The summed E-state index contributed by atoms with van der Waals surface area (Å²) in [5, 5.41) is 3.44. The van der Waals surface area contributed by atoms with Crippen LogP contribution < -0.4 is 5.32 Å². The van der Waals surface area contributed by atoms with Gasteiger partial charge in [0.25, 0.3) is 0 Å². The SMILES string of the molecule is Cc1ncc(Cc2cc(Nc3ccc(C4CCC(C)(C)CO4)cc3S(C)(=O)=O)c3nc(C)n(C4CCCCO4)c3n2)nc1C. The predicted molar refractivity (Wildman–Crippen MR) is 170 cm³/mol. The van der Waals surface area contributed by atoms with Gasteiger partial charge in [0.15, 0.2) is 15.5 Å². The highest BCUT2D eigenvalue weighted by Gasteiger charge is 2.30. The number of nitrogens with zero attached hydrogens (tertiary/aromatic N) is 5. The number of ether oxygens (including phenoxy) is 2. The lowest BCUT2D eigenvalue weighted by Crippen LogP contribution is -2.27. The first-order valence-corrected chi connectivity index (χ1v) is 17.3. The molecule has 0 saturated carbocycles. The molecule has 2 atom stereocenters. The number of anilines is 2. The van der Waals surface area contributed by atoms with Crippen LogP contribution in [0.15, 0.2) is 35.4 Å². The van der Waals surface area contributed by atoms with Crippen molar-refractivity contribution in [2.75, 3.05) is 24.8 Å². The molecule has 0 spiro atoms. The van der Waals surface area contributed by atoms with Crippen LogP contribution in [-0.4, -0.2) is 52.4 Å². The van der Waals surface area contributed by atoms with E-state index in [0.29, 0.717) is 42.2 Å². The minimum Gasteiger partial charge on any atom is -0.373 e. The normalized spacial score (nSPS) is 20.6. The largest absolute Gasteiger partial charge is 0.373 e. The molecule has 1 aromatic carbocycles. The first kappa shape index (κ1) is 30.6. The fourth-order valence-corrected chi connectivity index (χ4v) is 6.97.